The van der Waals surface area contributed by atoms with Crippen LogP contribution in [0.4, 0.5) is 0 Å². The van der Waals surface area contributed by atoms with Crippen molar-refractivity contribution in [3.8, 4) is 0 Å². The summed E-state index contributed by atoms with van der Waals surface area (Å²) in [4.78, 5) is 0. The van der Waals surface area contributed by atoms with E-state index >= 15 is 0 Å². The number of hydrogen-bond acceptors (Lipinski definition) is 2. The van der Waals surface area contributed by atoms with Crippen molar-refractivity contribution in [3.63, 3.8) is 0 Å². The van der Waals surface area contributed by atoms with Crippen LogP contribution < -0.4 is 0 Å². The maximum Gasteiger partial charge on any atom is 0.0961 e. The summed E-state index contributed by atoms with van der Waals surface area (Å²) in [5.41, 5.74) is 2.81. The lowest BCUT2D eigenvalue weighted by Gasteiger charge is -2.00. The second kappa shape index (κ2) is 4.28. The lowest BCUT2D eigenvalue weighted by molar-refractivity contribution is 0.275. The van der Waals surface area contributed by atoms with E-state index in [0.29, 0.717) is 5.69 Å². The minimum atomic E-state index is -0.0529. The molecule has 0 unspecified atom stereocenters. The van der Waals surface area contributed by atoms with Crippen LogP contribution in [-0.4, -0.2) is 14.9 Å². The van der Waals surface area contributed by atoms with Gasteiger partial charge in [-0.2, -0.15) is 5.10 Å². The van der Waals surface area contributed by atoms with Crippen LogP contribution in [0.25, 0.3) is 0 Å². The van der Waals surface area contributed by atoms with Gasteiger partial charge in [0, 0.05) is 19.5 Å². The van der Waals surface area contributed by atoms with Gasteiger partial charge in [-0.15, -0.1) is 0 Å². The van der Waals surface area contributed by atoms with E-state index in [1.807, 2.05) is 25.2 Å². The molecule has 0 atom stereocenters. The molecule has 3 heteroatoms. The third-order valence-electron chi connectivity index (χ3n) is 2.31. The number of aliphatic hydroxyl groups is 1. The van der Waals surface area contributed by atoms with Gasteiger partial charge >= 0.3 is 0 Å². The molecular formula is C12H13N2O. The maximum absolute atomic E-state index is 8.93. The predicted molar refractivity (Wildman–Crippen MR) is 57.2 cm³/mol. The molecule has 2 rings (SSSR count). The Hall–Kier alpha value is -1.61. The molecule has 0 fully saturated rings. The summed E-state index contributed by atoms with van der Waals surface area (Å²) in [6.07, 6.45) is 0.796. The molecule has 0 saturated heterocycles. The molecule has 15 heavy (non-hydrogen) atoms. The van der Waals surface area contributed by atoms with Crippen molar-refractivity contribution in [2.24, 2.45) is 7.05 Å². The molecule has 1 aromatic carbocycles. The monoisotopic (exact) mass is 201 g/mol. The minimum absolute atomic E-state index is 0.0529. The SMILES string of the molecule is Cn1nc(CO)[c]c1Cc1ccccc1. The Kier molecular flexibility index (Phi) is 2.83. The Labute approximate surface area is 89.0 Å². The van der Waals surface area contributed by atoms with E-state index in [2.05, 4.69) is 23.3 Å². The molecule has 0 aliphatic carbocycles. The average Bonchev–Trinajstić information content (AvgIpc) is 2.61. The van der Waals surface area contributed by atoms with E-state index in [0.717, 1.165) is 12.1 Å². The molecule has 0 spiro atoms. The summed E-state index contributed by atoms with van der Waals surface area (Å²) in [5.74, 6) is 0. The van der Waals surface area contributed by atoms with Crippen LogP contribution in [0.3, 0.4) is 0 Å². The van der Waals surface area contributed by atoms with Crippen LogP contribution in [0.15, 0.2) is 30.3 Å². The number of aromatic nitrogens is 2. The first kappa shape index (κ1) is 9.93. The molecule has 0 aliphatic heterocycles. The summed E-state index contributed by atoms with van der Waals surface area (Å²) in [7, 11) is 1.87. The van der Waals surface area contributed by atoms with Crippen molar-refractivity contribution >= 4 is 0 Å². The number of hydrogen-bond donors (Lipinski definition) is 1. The lowest BCUT2D eigenvalue weighted by Crippen LogP contribution is -1.99. The van der Waals surface area contributed by atoms with E-state index < -0.39 is 0 Å². The molecule has 3 nitrogen and oxygen atoms in total. The Balaban J connectivity index is 2.21. The zero-order valence-corrected chi connectivity index (χ0v) is 8.64. The van der Waals surface area contributed by atoms with E-state index in [9.17, 15) is 0 Å². The highest BCUT2D eigenvalue weighted by molar-refractivity contribution is 5.22. The fourth-order valence-corrected chi connectivity index (χ4v) is 1.53. The topological polar surface area (TPSA) is 38.0 Å². The van der Waals surface area contributed by atoms with Crippen molar-refractivity contribution in [1.29, 1.82) is 0 Å². The van der Waals surface area contributed by atoms with Gasteiger partial charge in [0.2, 0.25) is 0 Å². The smallest absolute Gasteiger partial charge is 0.0961 e. The van der Waals surface area contributed by atoms with E-state index in [1.165, 1.54) is 5.56 Å². The largest absolute Gasteiger partial charge is 0.390 e. The van der Waals surface area contributed by atoms with Crippen LogP contribution in [0.5, 0.6) is 0 Å². The molecule has 1 aromatic heterocycles. The standard InChI is InChI=1S/C12H13N2O/c1-14-12(8-11(9-15)13-14)7-10-5-3-2-4-6-10/h2-6,15H,7,9H2,1H3. The van der Waals surface area contributed by atoms with Gasteiger partial charge in [0.05, 0.1) is 18.0 Å². The molecule has 1 radical (unpaired) electrons. The first-order valence-corrected chi connectivity index (χ1v) is 4.88. The minimum Gasteiger partial charge on any atom is -0.390 e. The highest BCUT2D eigenvalue weighted by Gasteiger charge is 2.05. The average molecular weight is 201 g/mol. The number of aryl methyl sites for hydroxylation is 1. The Bertz CT molecular complexity index is 434. The van der Waals surface area contributed by atoms with Crippen molar-refractivity contribution in [3.05, 3.63) is 53.3 Å². The van der Waals surface area contributed by atoms with Crippen LogP contribution in [0, 0.1) is 6.07 Å². The normalized spacial score (nSPS) is 10.5. The Morgan fingerprint density at radius 1 is 1.33 bits per heavy atom. The zero-order valence-electron chi connectivity index (χ0n) is 8.64. The fraction of sp³-hybridized carbons (Fsp3) is 0.250. The van der Waals surface area contributed by atoms with Gasteiger partial charge in [-0.25, -0.2) is 0 Å². The van der Waals surface area contributed by atoms with Crippen molar-refractivity contribution in [2.45, 2.75) is 13.0 Å². The highest BCUT2D eigenvalue weighted by Crippen LogP contribution is 2.09. The van der Waals surface area contributed by atoms with E-state index in [1.54, 1.807) is 4.68 Å². The summed E-state index contributed by atoms with van der Waals surface area (Å²) in [5, 5.41) is 13.1. The number of benzene rings is 1. The van der Waals surface area contributed by atoms with Gasteiger partial charge in [0.1, 0.15) is 0 Å². The van der Waals surface area contributed by atoms with Gasteiger partial charge < -0.3 is 5.11 Å². The zero-order chi connectivity index (χ0) is 10.7. The second-order valence-electron chi connectivity index (χ2n) is 3.46. The van der Waals surface area contributed by atoms with Crippen LogP contribution in [0.2, 0.25) is 0 Å². The van der Waals surface area contributed by atoms with Crippen molar-refractivity contribution in [1.82, 2.24) is 9.78 Å². The predicted octanol–water partition coefficient (Wildman–Crippen LogP) is 1.30. The molecule has 1 heterocycles. The van der Waals surface area contributed by atoms with Gasteiger partial charge in [-0.05, 0) is 5.56 Å². The molecule has 2 aromatic rings. The Morgan fingerprint density at radius 2 is 2.07 bits per heavy atom. The molecule has 0 saturated carbocycles. The quantitative estimate of drug-likeness (QED) is 0.813. The highest BCUT2D eigenvalue weighted by atomic mass is 16.3. The van der Waals surface area contributed by atoms with Crippen LogP contribution >= 0.6 is 0 Å². The summed E-state index contributed by atoms with van der Waals surface area (Å²) in [6, 6.07) is 13.2. The lowest BCUT2D eigenvalue weighted by atomic mass is 10.1. The first-order valence-electron chi connectivity index (χ1n) is 4.88. The molecule has 1 N–H and O–H groups in total. The third kappa shape index (κ3) is 2.25. The maximum atomic E-state index is 8.93. The van der Waals surface area contributed by atoms with E-state index in [-0.39, 0.29) is 6.61 Å². The number of nitrogens with zero attached hydrogens (tertiary/aromatic N) is 2. The van der Waals surface area contributed by atoms with Crippen LogP contribution in [-0.2, 0) is 20.1 Å². The van der Waals surface area contributed by atoms with Crippen LogP contribution in [0.1, 0.15) is 17.0 Å². The number of rotatable bonds is 3. The summed E-state index contributed by atoms with van der Waals surface area (Å²) in [6.45, 7) is -0.0529. The van der Waals surface area contributed by atoms with Gasteiger partial charge in [0.25, 0.3) is 0 Å². The van der Waals surface area contributed by atoms with Gasteiger partial charge in [-0.3, -0.25) is 4.68 Å². The van der Waals surface area contributed by atoms with Crippen molar-refractivity contribution < 1.29 is 5.11 Å². The van der Waals surface area contributed by atoms with Crippen molar-refractivity contribution in [2.75, 3.05) is 0 Å². The number of aliphatic hydroxyl groups excluding tert-OH is 1. The molecule has 0 aliphatic rings. The summed E-state index contributed by atoms with van der Waals surface area (Å²) < 4.78 is 1.76. The molecular weight excluding hydrogens is 188 g/mol. The summed E-state index contributed by atoms with van der Waals surface area (Å²) >= 11 is 0. The Morgan fingerprint density at radius 3 is 2.67 bits per heavy atom. The third-order valence-corrected chi connectivity index (χ3v) is 2.31. The second-order valence-corrected chi connectivity index (χ2v) is 3.46. The van der Waals surface area contributed by atoms with E-state index in [4.69, 9.17) is 5.11 Å². The fourth-order valence-electron chi connectivity index (χ4n) is 1.53. The molecule has 77 valence electrons. The molecule has 0 amide bonds. The van der Waals surface area contributed by atoms with Gasteiger partial charge in [-0.1, -0.05) is 30.3 Å². The van der Waals surface area contributed by atoms with Gasteiger partial charge in [0.15, 0.2) is 0 Å². The first-order chi connectivity index (χ1) is 7.29. The molecule has 0 bridgehead atoms.